The van der Waals surface area contributed by atoms with Gasteiger partial charge in [0.2, 0.25) is 0 Å². The van der Waals surface area contributed by atoms with Gasteiger partial charge in [0.1, 0.15) is 0 Å². The normalized spacial score (nSPS) is 13.6. The number of aromatic nitrogens is 1. The number of urea groups is 1. The van der Waals surface area contributed by atoms with Crippen molar-refractivity contribution in [2.75, 3.05) is 6.54 Å². The molecule has 1 aromatic carbocycles. The molecule has 1 aliphatic carbocycles. The lowest BCUT2D eigenvalue weighted by Crippen LogP contribution is -2.36. The molecule has 22 heavy (non-hydrogen) atoms. The Bertz CT molecular complexity index is 606. The number of carbonyl (C=O) groups excluding carboxylic acids is 1. The number of benzene rings is 1. The molecule has 1 aliphatic rings. The molecule has 0 saturated heterocycles. The van der Waals surface area contributed by atoms with Crippen LogP contribution in [0.5, 0.6) is 0 Å². The lowest BCUT2D eigenvalue weighted by molar-refractivity contribution is 0.240. The summed E-state index contributed by atoms with van der Waals surface area (Å²) >= 11 is 0. The number of hydrogen-bond donors (Lipinski definition) is 2. The van der Waals surface area contributed by atoms with Gasteiger partial charge in [-0.05, 0) is 47.9 Å². The fraction of sp³-hybridized carbons (Fsp3) is 0.333. The van der Waals surface area contributed by atoms with E-state index in [1.807, 2.05) is 18.3 Å². The smallest absolute Gasteiger partial charge is 0.315 e. The van der Waals surface area contributed by atoms with Crippen LogP contribution in [-0.2, 0) is 13.0 Å². The van der Waals surface area contributed by atoms with Crippen LogP contribution in [0.25, 0.3) is 0 Å². The van der Waals surface area contributed by atoms with Crippen molar-refractivity contribution in [3.8, 4) is 0 Å². The Morgan fingerprint density at radius 2 is 1.91 bits per heavy atom. The van der Waals surface area contributed by atoms with Crippen molar-refractivity contribution in [2.24, 2.45) is 0 Å². The van der Waals surface area contributed by atoms with E-state index in [1.54, 1.807) is 6.20 Å². The van der Waals surface area contributed by atoms with Crippen molar-refractivity contribution in [3.63, 3.8) is 0 Å². The van der Waals surface area contributed by atoms with Crippen LogP contribution in [0.4, 0.5) is 4.79 Å². The van der Waals surface area contributed by atoms with Crippen molar-refractivity contribution >= 4 is 6.03 Å². The number of carbonyl (C=O) groups is 1. The highest BCUT2D eigenvalue weighted by molar-refractivity contribution is 5.73. The number of amides is 2. The van der Waals surface area contributed by atoms with Crippen molar-refractivity contribution in [1.82, 2.24) is 15.6 Å². The topological polar surface area (TPSA) is 54.0 Å². The average molecular weight is 295 g/mol. The van der Waals surface area contributed by atoms with E-state index in [-0.39, 0.29) is 6.03 Å². The SMILES string of the molecule is O=C(NCCc1cccnc1)NCc1ccc(C2CC2)cc1. The zero-order valence-electron chi connectivity index (χ0n) is 12.6. The molecule has 0 radical (unpaired) electrons. The van der Waals surface area contributed by atoms with Gasteiger partial charge in [-0.3, -0.25) is 4.98 Å². The molecule has 4 nitrogen and oxygen atoms in total. The van der Waals surface area contributed by atoms with Crippen LogP contribution < -0.4 is 10.6 Å². The molecule has 1 aromatic heterocycles. The van der Waals surface area contributed by atoms with E-state index in [2.05, 4.69) is 39.9 Å². The molecular weight excluding hydrogens is 274 g/mol. The first kappa shape index (κ1) is 14.6. The van der Waals surface area contributed by atoms with Gasteiger partial charge in [-0.2, -0.15) is 0 Å². The van der Waals surface area contributed by atoms with E-state index in [4.69, 9.17) is 0 Å². The maximum absolute atomic E-state index is 11.8. The molecule has 2 amide bonds. The number of hydrogen-bond acceptors (Lipinski definition) is 2. The molecule has 2 aromatic rings. The Balaban J connectivity index is 1.36. The van der Waals surface area contributed by atoms with Crippen molar-refractivity contribution in [1.29, 1.82) is 0 Å². The van der Waals surface area contributed by atoms with Crippen LogP contribution >= 0.6 is 0 Å². The van der Waals surface area contributed by atoms with E-state index in [9.17, 15) is 4.79 Å². The van der Waals surface area contributed by atoms with Gasteiger partial charge < -0.3 is 10.6 Å². The fourth-order valence-electron chi connectivity index (χ4n) is 2.44. The van der Waals surface area contributed by atoms with Gasteiger partial charge in [0, 0.05) is 25.5 Å². The summed E-state index contributed by atoms with van der Waals surface area (Å²) in [5.74, 6) is 0.776. The minimum Gasteiger partial charge on any atom is -0.338 e. The second kappa shape index (κ2) is 7.07. The van der Waals surface area contributed by atoms with Crippen LogP contribution in [0.2, 0.25) is 0 Å². The predicted molar refractivity (Wildman–Crippen MR) is 86.6 cm³/mol. The van der Waals surface area contributed by atoms with Gasteiger partial charge in [-0.1, -0.05) is 30.3 Å². The van der Waals surface area contributed by atoms with Gasteiger partial charge in [-0.15, -0.1) is 0 Å². The highest BCUT2D eigenvalue weighted by atomic mass is 16.2. The number of nitrogens with one attached hydrogen (secondary N) is 2. The third-order valence-electron chi connectivity index (χ3n) is 3.90. The van der Waals surface area contributed by atoms with E-state index in [1.165, 1.54) is 18.4 Å². The molecule has 0 unspecified atom stereocenters. The third kappa shape index (κ3) is 4.32. The first-order valence-electron chi connectivity index (χ1n) is 7.81. The summed E-state index contributed by atoms with van der Waals surface area (Å²) in [5, 5.41) is 5.75. The summed E-state index contributed by atoms with van der Waals surface area (Å²) in [6, 6.07) is 12.3. The van der Waals surface area contributed by atoms with Gasteiger partial charge in [-0.25, -0.2) is 4.79 Å². The second-order valence-corrected chi connectivity index (χ2v) is 5.74. The van der Waals surface area contributed by atoms with E-state index < -0.39 is 0 Å². The molecule has 1 heterocycles. The van der Waals surface area contributed by atoms with Gasteiger partial charge >= 0.3 is 6.03 Å². The Labute approximate surface area is 131 Å². The van der Waals surface area contributed by atoms with Crippen molar-refractivity contribution in [3.05, 3.63) is 65.5 Å². The Kier molecular flexibility index (Phi) is 4.68. The van der Waals surface area contributed by atoms with Crippen LogP contribution in [0.15, 0.2) is 48.8 Å². The Hall–Kier alpha value is -2.36. The minimum absolute atomic E-state index is 0.129. The maximum Gasteiger partial charge on any atom is 0.315 e. The number of rotatable bonds is 6. The molecule has 2 N–H and O–H groups in total. The van der Waals surface area contributed by atoms with Crippen LogP contribution in [0.3, 0.4) is 0 Å². The summed E-state index contributed by atoms with van der Waals surface area (Å²) in [7, 11) is 0. The van der Waals surface area contributed by atoms with Crippen LogP contribution in [0, 0.1) is 0 Å². The molecule has 4 heteroatoms. The highest BCUT2D eigenvalue weighted by Crippen LogP contribution is 2.39. The quantitative estimate of drug-likeness (QED) is 0.860. The third-order valence-corrected chi connectivity index (χ3v) is 3.90. The van der Waals surface area contributed by atoms with E-state index in [0.29, 0.717) is 13.1 Å². The Morgan fingerprint density at radius 1 is 1.09 bits per heavy atom. The first-order valence-corrected chi connectivity index (χ1v) is 7.81. The molecule has 1 fully saturated rings. The maximum atomic E-state index is 11.8. The monoisotopic (exact) mass is 295 g/mol. The zero-order valence-corrected chi connectivity index (χ0v) is 12.6. The first-order chi connectivity index (χ1) is 10.8. The molecule has 114 valence electrons. The summed E-state index contributed by atoms with van der Waals surface area (Å²) < 4.78 is 0. The van der Waals surface area contributed by atoms with Crippen LogP contribution in [-0.4, -0.2) is 17.6 Å². The molecule has 0 atom stereocenters. The Morgan fingerprint density at radius 3 is 2.59 bits per heavy atom. The highest BCUT2D eigenvalue weighted by Gasteiger charge is 2.22. The number of pyridine rings is 1. The molecular formula is C18H21N3O. The average Bonchev–Trinajstić information content (AvgIpc) is 3.39. The lowest BCUT2D eigenvalue weighted by atomic mass is 10.1. The van der Waals surface area contributed by atoms with Gasteiger partial charge in [0.15, 0.2) is 0 Å². The fourth-order valence-corrected chi connectivity index (χ4v) is 2.44. The molecule has 1 saturated carbocycles. The molecule has 0 spiro atoms. The lowest BCUT2D eigenvalue weighted by Gasteiger charge is -2.08. The molecule has 0 aliphatic heterocycles. The predicted octanol–water partition coefficient (Wildman–Crippen LogP) is 3.00. The summed E-state index contributed by atoms with van der Waals surface area (Å²) in [6.07, 6.45) is 6.99. The number of nitrogens with zero attached hydrogens (tertiary/aromatic N) is 1. The minimum atomic E-state index is -0.129. The van der Waals surface area contributed by atoms with Crippen LogP contribution in [0.1, 0.15) is 35.4 Å². The van der Waals surface area contributed by atoms with Crippen molar-refractivity contribution < 1.29 is 4.79 Å². The molecule has 3 rings (SSSR count). The van der Waals surface area contributed by atoms with Gasteiger partial charge in [0.25, 0.3) is 0 Å². The van der Waals surface area contributed by atoms with Crippen molar-refractivity contribution in [2.45, 2.75) is 31.7 Å². The van der Waals surface area contributed by atoms with Gasteiger partial charge in [0.05, 0.1) is 0 Å². The van der Waals surface area contributed by atoms with E-state index in [0.717, 1.165) is 23.5 Å². The van der Waals surface area contributed by atoms with E-state index >= 15 is 0 Å². The summed E-state index contributed by atoms with van der Waals surface area (Å²) in [4.78, 5) is 15.8. The molecule has 0 bridgehead atoms. The summed E-state index contributed by atoms with van der Waals surface area (Å²) in [5.41, 5.74) is 3.68. The zero-order chi connectivity index (χ0) is 15.2. The summed E-state index contributed by atoms with van der Waals surface area (Å²) in [6.45, 7) is 1.17. The second-order valence-electron chi connectivity index (χ2n) is 5.74. The standard InChI is InChI=1S/C18H21N3O/c22-18(20-11-9-14-2-1-10-19-12-14)21-13-15-3-5-16(6-4-15)17-7-8-17/h1-6,10,12,17H,7-9,11,13H2,(H2,20,21,22). The largest absolute Gasteiger partial charge is 0.338 e.